The van der Waals surface area contributed by atoms with Gasteiger partial charge in [0.25, 0.3) is 0 Å². The van der Waals surface area contributed by atoms with Crippen LogP contribution < -0.4 is 5.73 Å². The second-order valence-corrected chi connectivity index (χ2v) is 5.88. The summed E-state index contributed by atoms with van der Waals surface area (Å²) in [5, 5.41) is 1.53. The maximum absolute atomic E-state index is 12.9. The van der Waals surface area contributed by atoms with Gasteiger partial charge in [-0.3, -0.25) is 4.21 Å². The molecule has 4 nitrogen and oxygen atoms in total. The number of anilines is 1. The number of hydrogen-bond acceptors (Lipinski definition) is 5. The summed E-state index contributed by atoms with van der Waals surface area (Å²) in [6.45, 7) is 0. The van der Waals surface area contributed by atoms with Gasteiger partial charge in [-0.15, -0.1) is 11.3 Å². The van der Waals surface area contributed by atoms with E-state index in [2.05, 4.69) is 9.97 Å². The molecule has 2 aromatic heterocycles. The summed E-state index contributed by atoms with van der Waals surface area (Å²) in [5.41, 5.74) is 4.08. The molecule has 102 valence electrons. The number of thiophene rings is 1. The minimum atomic E-state index is -4.57. The summed E-state index contributed by atoms with van der Waals surface area (Å²) in [4.78, 5) is 7.71. The zero-order valence-electron chi connectivity index (χ0n) is 9.56. The number of nitrogens with two attached hydrogens (primary N) is 1. The van der Waals surface area contributed by atoms with Gasteiger partial charge in [0.15, 0.2) is 0 Å². The Morgan fingerprint density at radius 1 is 1.42 bits per heavy atom. The number of hydrogen-bond donors (Lipinski definition) is 1. The van der Waals surface area contributed by atoms with E-state index in [1.165, 1.54) is 17.7 Å². The molecule has 2 rings (SSSR count). The van der Waals surface area contributed by atoms with Gasteiger partial charge in [-0.2, -0.15) is 13.2 Å². The predicted octanol–water partition coefficient (Wildman–Crippen LogP) is 2.54. The lowest BCUT2D eigenvalue weighted by molar-refractivity contribution is -0.137. The maximum Gasteiger partial charge on any atom is 0.420 e. The second kappa shape index (κ2) is 4.89. The van der Waals surface area contributed by atoms with Gasteiger partial charge >= 0.3 is 6.18 Å². The molecular weight excluding hydrogens is 299 g/mol. The highest BCUT2D eigenvalue weighted by Crippen LogP contribution is 2.38. The first-order valence-electron chi connectivity index (χ1n) is 4.91. The average molecular weight is 307 g/mol. The molecule has 0 saturated carbocycles. The Hall–Kier alpha value is -1.48. The fourth-order valence-corrected chi connectivity index (χ4v) is 3.20. The SMILES string of the molecule is CS(=O)c1csc(-c2nc(N)ncc2C(F)(F)F)c1. The maximum atomic E-state index is 12.9. The predicted molar refractivity (Wildman–Crippen MR) is 67.1 cm³/mol. The first kappa shape index (κ1) is 13.9. The molecule has 0 amide bonds. The largest absolute Gasteiger partial charge is 0.420 e. The zero-order valence-corrected chi connectivity index (χ0v) is 11.2. The smallest absolute Gasteiger partial charge is 0.368 e. The van der Waals surface area contributed by atoms with Crippen molar-refractivity contribution in [3.63, 3.8) is 0 Å². The monoisotopic (exact) mass is 307 g/mol. The van der Waals surface area contributed by atoms with Crippen LogP contribution in [0.1, 0.15) is 5.56 Å². The van der Waals surface area contributed by atoms with E-state index in [1.807, 2.05) is 0 Å². The van der Waals surface area contributed by atoms with E-state index >= 15 is 0 Å². The summed E-state index contributed by atoms with van der Waals surface area (Å²) >= 11 is 1.03. The third-order valence-electron chi connectivity index (χ3n) is 2.25. The van der Waals surface area contributed by atoms with E-state index in [-0.39, 0.29) is 16.5 Å². The quantitative estimate of drug-likeness (QED) is 0.925. The molecule has 0 aromatic carbocycles. The minimum Gasteiger partial charge on any atom is -0.368 e. The van der Waals surface area contributed by atoms with Crippen LogP contribution in [0.3, 0.4) is 0 Å². The van der Waals surface area contributed by atoms with Gasteiger partial charge < -0.3 is 5.73 Å². The molecular formula is C10H8F3N3OS2. The Morgan fingerprint density at radius 2 is 2.11 bits per heavy atom. The van der Waals surface area contributed by atoms with E-state index < -0.39 is 22.5 Å². The van der Waals surface area contributed by atoms with Crippen LogP contribution in [-0.4, -0.2) is 20.4 Å². The first-order valence-corrected chi connectivity index (χ1v) is 7.35. The Bertz CT molecular complexity index is 639. The van der Waals surface area contributed by atoms with Crippen LogP contribution in [0.2, 0.25) is 0 Å². The summed E-state index contributed by atoms with van der Waals surface area (Å²) in [7, 11) is -1.26. The van der Waals surface area contributed by atoms with Crippen molar-refractivity contribution in [2.45, 2.75) is 11.1 Å². The number of halogens is 3. The second-order valence-electron chi connectivity index (χ2n) is 3.59. The molecule has 0 bridgehead atoms. The van der Waals surface area contributed by atoms with Gasteiger partial charge in [0.1, 0.15) is 5.56 Å². The Labute approximate surface area is 113 Å². The molecule has 0 fully saturated rings. The molecule has 2 heterocycles. The number of alkyl halides is 3. The normalized spacial score (nSPS) is 13.5. The number of nitrogens with zero attached hydrogens (tertiary/aromatic N) is 2. The summed E-state index contributed by atoms with van der Waals surface area (Å²) < 4.78 is 49.8. The summed E-state index contributed by atoms with van der Waals surface area (Å²) in [6.07, 6.45) is -2.47. The molecule has 0 aliphatic heterocycles. The van der Waals surface area contributed by atoms with Gasteiger partial charge in [-0.05, 0) is 6.07 Å². The van der Waals surface area contributed by atoms with Crippen LogP contribution in [0.25, 0.3) is 10.6 Å². The van der Waals surface area contributed by atoms with E-state index in [9.17, 15) is 17.4 Å². The fraction of sp³-hybridized carbons (Fsp3) is 0.200. The van der Waals surface area contributed by atoms with Gasteiger partial charge in [0.05, 0.1) is 21.4 Å². The van der Waals surface area contributed by atoms with Crippen LogP contribution in [0, 0.1) is 0 Å². The van der Waals surface area contributed by atoms with Crippen molar-refractivity contribution < 1.29 is 17.4 Å². The number of rotatable bonds is 2. The minimum absolute atomic E-state index is 0.240. The van der Waals surface area contributed by atoms with Crippen molar-refractivity contribution in [1.82, 2.24) is 9.97 Å². The molecule has 1 unspecified atom stereocenters. The highest BCUT2D eigenvalue weighted by atomic mass is 32.2. The van der Waals surface area contributed by atoms with E-state index in [1.54, 1.807) is 0 Å². The van der Waals surface area contributed by atoms with Crippen LogP contribution in [-0.2, 0) is 17.0 Å². The highest BCUT2D eigenvalue weighted by Gasteiger charge is 2.35. The van der Waals surface area contributed by atoms with Gasteiger partial charge in [0.2, 0.25) is 5.95 Å². The van der Waals surface area contributed by atoms with Crippen molar-refractivity contribution in [1.29, 1.82) is 0 Å². The van der Waals surface area contributed by atoms with Crippen LogP contribution in [0.5, 0.6) is 0 Å². The molecule has 0 aliphatic carbocycles. The lowest BCUT2D eigenvalue weighted by Gasteiger charge is -2.10. The van der Waals surface area contributed by atoms with Crippen LogP contribution in [0.15, 0.2) is 22.5 Å². The summed E-state index contributed by atoms with van der Waals surface area (Å²) in [5.74, 6) is -0.240. The third kappa shape index (κ3) is 2.92. The van der Waals surface area contributed by atoms with Crippen molar-refractivity contribution >= 4 is 28.1 Å². The van der Waals surface area contributed by atoms with Gasteiger partial charge in [0, 0.05) is 22.7 Å². The molecule has 9 heteroatoms. The van der Waals surface area contributed by atoms with E-state index in [4.69, 9.17) is 5.73 Å². The average Bonchev–Trinajstić information content (AvgIpc) is 2.76. The molecule has 0 spiro atoms. The number of aromatic nitrogens is 2. The number of nitrogen functional groups attached to an aromatic ring is 1. The Kier molecular flexibility index (Phi) is 3.59. The molecule has 1 atom stereocenters. The lowest BCUT2D eigenvalue weighted by Crippen LogP contribution is -2.10. The molecule has 2 N–H and O–H groups in total. The van der Waals surface area contributed by atoms with Gasteiger partial charge in [-0.1, -0.05) is 0 Å². The van der Waals surface area contributed by atoms with E-state index in [0.29, 0.717) is 11.1 Å². The molecule has 0 saturated heterocycles. The molecule has 2 aromatic rings. The fourth-order valence-electron chi connectivity index (χ4n) is 1.38. The van der Waals surface area contributed by atoms with Crippen molar-refractivity contribution in [2.24, 2.45) is 0 Å². The highest BCUT2D eigenvalue weighted by molar-refractivity contribution is 7.84. The third-order valence-corrected chi connectivity index (χ3v) is 4.24. The summed E-state index contributed by atoms with van der Waals surface area (Å²) in [6, 6.07) is 1.41. The van der Waals surface area contributed by atoms with Gasteiger partial charge in [-0.25, -0.2) is 9.97 Å². The van der Waals surface area contributed by atoms with Crippen molar-refractivity contribution in [3.8, 4) is 10.6 Å². The topological polar surface area (TPSA) is 68.9 Å². The molecule has 19 heavy (non-hydrogen) atoms. The van der Waals surface area contributed by atoms with Crippen LogP contribution in [0.4, 0.5) is 19.1 Å². The Balaban J connectivity index is 2.59. The molecule has 0 radical (unpaired) electrons. The lowest BCUT2D eigenvalue weighted by atomic mass is 10.2. The standard InChI is InChI=1S/C10H8F3N3OS2/c1-19(17)5-2-7(18-4-5)8-6(10(11,12)13)3-15-9(14)16-8/h2-4H,1H3,(H2,14,15,16). The van der Waals surface area contributed by atoms with Crippen molar-refractivity contribution in [2.75, 3.05) is 12.0 Å². The van der Waals surface area contributed by atoms with Crippen molar-refractivity contribution in [3.05, 3.63) is 23.2 Å². The first-order chi connectivity index (χ1) is 8.79. The zero-order chi connectivity index (χ0) is 14.2. The van der Waals surface area contributed by atoms with E-state index in [0.717, 1.165) is 11.3 Å². The molecule has 0 aliphatic rings. The van der Waals surface area contributed by atoms with Crippen LogP contribution >= 0.6 is 11.3 Å². The Morgan fingerprint density at radius 3 is 2.63 bits per heavy atom.